The van der Waals surface area contributed by atoms with Crippen molar-refractivity contribution >= 4 is 0 Å². The number of hydrogen-bond acceptors (Lipinski definition) is 4. The predicted octanol–water partition coefficient (Wildman–Crippen LogP) is 1.24. The van der Waals surface area contributed by atoms with Gasteiger partial charge in [-0.25, -0.2) is 4.98 Å². The number of nitrogens with zero attached hydrogens (tertiary/aromatic N) is 2. The summed E-state index contributed by atoms with van der Waals surface area (Å²) in [6.07, 6.45) is -4.63. The number of alkyl halides is 3. The van der Waals surface area contributed by atoms with E-state index in [1.165, 1.54) is 0 Å². The Labute approximate surface area is 120 Å². The summed E-state index contributed by atoms with van der Waals surface area (Å²) in [7, 11) is 0. The Hall–Kier alpha value is -1.41. The Bertz CT molecular complexity index is 574. The fourth-order valence-corrected chi connectivity index (χ4v) is 2.47. The zero-order valence-corrected chi connectivity index (χ0v) is 12.3. The Kier molecular flexibility index (Phi) is 4.12. The van der Waals surface area contributed by atoms with Gasteiger partial charge in [0.2, 0.25) is 0 Å². The number of aromatic nitrogens is 2. The SMILES string of the molecule is Cc1c(C(F)(F)F)nc(C(C)(C)N2CCNCC2)[nH]c1=O. The van der Waals surface area contributed by atoms with E-state index in [-0.39, 0.29) is 5.82 Å². The first-order valence-corrected chi connectivity index (χ1v) is 6.78. The van der Waals surface area contributed by atoms with E-state index in [2.05, 4.69) is 15.3 Å². The van der Waals surface area contributed by atoms with Crippen LogP contribution in [-0.4, -0.2) is 41.0 Å². The lowest BCUT2D eigenvalue weighted by Crippen LogP contribution is -2.53. The van der Waals surface area contributed by atoms with Crippen molar-refractivity contribution in [1.82, 2.24) is 20.2 Å². The molecule has 0 saturated carbocycles. The minimum Gasteiger partial charge on any atom is -0.314 e. The first-order chi connectivity index (χ1) is 9.64. The monoisotopic (exact) mass is 304 g/mol. The molecule has 0 unspecified atom stereocenters. The standard InChI is InChI=1S/C13H19F3N4O/c1-8-9(13(14,15)16)18-11(19-10(8)21)12(2,3)20-6-4-17-5-7-20/h17H,4-7H2,1-3H3,(H,18,19,21). The maximum Gasteiger partial charge on any atom is 0.433 e. The van der Waals surface area contributed by atoms with Gasteiger partial charge in [0.25, 0.3) is 5.56 Å². The van der Waals surface area contributed by atoms with E-state index in [0.29, 0.717) is 13.1 Å². The second kappa shape index (κ2) is 5.42. The second-order valence-corrected chi connectivity index (χ2v) is 5.68. The van der Waals surface area contributed by atoms with Crippen molar-refractivity contribution < 1.29 is 13.2 Å². The quantitative estimate of drug-likeness (QED) is 0.863. The highest BCUT2D eigenvalue weighted by molar-refractivity contribution is 5.21. The molecule has 1 aliphatic heterocycles. The highest BCUT2D eigenvalue weighted by Gasteiger charge is 2.39. The Morgan fingerprint density at radius 3 is 2.29 bits per heavy atom. The molecule has 1 aromatic heterocycles. The first kappa shape index (κ1) is 16.0. The summed E-state index contributed by atoms with van der Waals surface area (Å²) >= 11 is 0. The van der Waals surface area contributed by atoms with E-state index < -0.39 is 28.5 Å². The third-order valence-electron chi connectivity index (χ3n) is 3.91. The third-order valence-corrected chi connectivity index (χ3v) is 3.91. The van der Waals surface area contributed by atoms with E-state index in [0.717, 1.165) is 20.0 Å². The van der Waals surface area contributed by atoms with Gasteiger partial charge in [0.15, 0.2) is 5.69 Å². The summed E-state index contributed by atoms with van der Waals surface area (Å²) in [6, 6.07) is 0. The number of H-pyrrole nitrogens is 1. The average molecular weight is 304 g/mol. The number of piperazine rings is 1. The fourth-order valence-electron chi connectivity index (χ4n) is 2.47. The molecule has 2 N–H and O–H groups in total. The summed E-state index contributed by atoms with van der Waals surface area (Å²) in [4.78, 5) is 20.0. The van der Waals surface area contributed by atoms with Gasteiger partial charge in [-0.1, -0.05) is 0 Å². The summed E-state index contributed by atoms with van der Waals surface area (Å²) in [5.41, 5.74) is -3.02. The van der Waals surface area contributed by atoms with Gasteiger partial charge in [-0.2, -0.15) is 13.2 Å². The molecule has 2 rings (SSSR count). The molecule has 1 aliphatic rings. The van der Waals surface area contributed by atoms with Gasteiger partial charge in [-0.05, 0) is 20.8 Å². The number of halogens is 3. The van der Waals surface area contributed by atoms with E-state index in [9.17, 15) is 18.0 Å². The summed E-state index contributed by atoms with van der Waals surface area (Å²) in [5.74, 6) is 0.0484. The Balaban J connectivity index is 2.48. The Morgan fingerprint density at radius 2 is 1.76 bits per heavy atom. The molecule has 0 aromatic carbocycles. The zero-order chi connectivity index (χ0) is 15.8. The molecule has 118 valence electrons. The van der Waals surface area contributed by atoms with Crippen LogP contribution in [0.3, 0.4) is 0 Å². The highest BCUT2D eigenvalue weighted by Crippen LogP contribution is 2.31. The van der Waals surface area contributed by atoms with Crippen LogP contribution >= 0.6 is 0 Å². The maximum absolute atomic E-state index is 13.0. The van der Waals surface area contributed by atoms with Crippen molar-refractivity contribution in [3.63, 3.8) is 0 Å². The second-order valence-electron chi connectivity index (χ2n) is 5.68. The van der Waals surface area contributed by atoms with Crippen molar-refractivity contribution in [1.29, 1.82) is 0 Å². The smallest absolute Gasteiger partial charge is 0.314 e. The molecule has 5 nitrogen and oxygen atoms in total. The van der Waals surface area contributed by atoms with Gasteiger partial charge >= 0.3 is 6.18 Å². The van der Waals surface area contributed by atoms with Crippen molar-refractivity contribution in [2.75, 3.05) is 26.2 Å². The molecule has 0 spiro atoms. The molecule has 0 aliphatic carbocycles. The molecule has 21 heavy (non-hydrogen) atoms. The van der Waals surface area contributed by atoms with Crippen LogP contribution in [0.2, 0.25) is 0 Å². The summed E-state index contributed by atoms with van der Waals surface area (Å²) < 4.78 is 39.0. The van der Waals surface area contributed by atoms with Gasteiger partial charge in [0, 0.05) is 31.7 Å². The van der Waals surface area contributed by atoms with E-state index in [4.69, 9.17) is 0 Å². The van der Waals surface area contributed by atoms with Crippen LogP contribution in [-0.2, 0) is 11.7 Å². The van der Waals surface area contributed by atoms with Crippen LogP contribution in [0.4, 0.5) is 13.2 Å². The minimum atomic E-state index is -4.63. The molecular weight excluding hydrogens is 285 g/mol. The summed E-state index contributed by atoms with van der Waals surface area (Å²) in [5, 5.41) is 3.18. The van der Waals surface area contributed by atoms with Crippen LogP contribution < -0.4 is 10.9 Å². The van der Waals surface area contributed by atoms with Gasteiger partial charge in [-0.3, -0.25) is 9.69 Å². The average Bonchev–Trinajstić information content (AvgIpc) is 2.41. The van der Waals surface area contributed by atoms with E-state index >= 15 is 0 Å². The van der Waals surface area contributed by atoms with Crippen LogP contribution in [0.15, 0.2) is 4.79 Å². The lowest BCUT2D eigenvalue weighted by Gasteiger charge is -2.40. The van der Waals surface area contributed by atoms with Crippen LogP contribution in [0.1, 0.15) is 30.9 Å². The zero-order valence-electron chi connectivity index (χ0n) is 12.3. The number of hydrogen-bond donors (Lipinski definition) is 2. The number of nitrogens with one attached hydrogen (secondary N) is 2. The highest BCUT2D eigenvalue weighted by atomic mass is 19.4. The lowest BCUT2D eigenvalue weighted by molar-refractivity contribution is -0.142. The Morgan fingerprint density at radius 1 is 1.19 bits per heavy atom. The molecule has 1 aromatic rings. The van der Waals surface area contributed by atoms with Crippen molar-refractivity contribution in [3.05, 3.63) is 27.4 Å². The van der Waals surface area contributed by atoms with Gasteiger partial charge < -0.3 is 10.3 Å². The van der Waals surface area contributed by atoms with Crippen molar-refractivity contribution in [3.8, 4) is 0 Å². The van der Waals surface area contributed by atoms with Gasteiger partial charge in [0.1, 0.15) is 5.82 Å². The number of aromatic amines is 1. The molecule has 1 fully saturated rings. The largest absolute Gasteiger partial charge is 0.433 e. The minimum absolute atomic E-state index is 0.0484. The van der Waals surface area contributed by atoms with Gasteiger partial charge in [-0.15, -0.1) is 0 Å². The molecule has 0 amide bonds. The molecule has 0 bridgehead atoms. The van der Waals surface area contributed by atoms with Crippen LogP contribution in [0.5, 0.6) is 0 Å². The van der Waals surface area contributed by atoms with Crippen molar-refractivity contribution in [2.24, 2.45) is 0 Å². The number of rotatable bonds is 2. The van der Waals surface area contributed by atoms with E-state index in [1.54, 1.807) is 13.8 Å². The third kappa shape index (κ3) is 3.11. The van der Waals surface area contributed by atoms with Gasteiger partial charge in [0.05, 0.1) is 5.54 Å². The molecule has 1 saturated heterocycles. The van der Waals surface area contributed by atoms with Crippen molar-refractivity contribution in [2.45, 2.75) is 32.5 Å². The first-order valence-electron chi connectivity index (χ1n) is 6.78. The molecule has 2 heterocycles. The molecule has 0 radical (unpaired) electrons. The predicted molar refractivity (Wildman–Crippen MR) is 72.1 cm³/mol. The maximum atomic E-state index is 13.0. The van der Waals surface area contributed by atoms with Crippen LogP contribution in [0, 0.1) is 6.92 Å². The molecular formula is C13H19F3N4O. The summed E-state index contributed by atoms with van der Waals surface area (Å²) in [6.45, 7) is 7.56. The fraction of sp³-hybridized carbons (Fsp3) is 0.692. The lowest BCUT2D eigenvalue weighted by atomic mass is 10.00. The topological polar surface area (TPSA) is 61.0 Å². The van der Waals surface area contributed by atoms with Crippen LogP contribution in [0.25, 0.3) is 0 Å². The van der Waals surface area contributed by atoms with E-state index in [1.807, 2.05) is 4.90 Å². The normalized spacial score (nSPS) is 18.0. The molecule has 0 atom stereocenters. The molecule has 8 heteroatoms.